The molecule has 33 heavy (non-hydrogen) atoms. The fourth-order valence-electron chi connectivity index (χ4n) is 5.09. The maximum atomic E-state index is 13.7. The van der Waals surface area contributed by atoms with E-state index in [0.717, 1.165) is 56.2 Å². The van der Waals surface area contributed by atoms with Gasteiger partial charge in [-0.2, -0.15) is 0 Å². The number of rotatable bonds is 6. The summed E-state index contributed by atoms with van der Waals surface area (Å²) in [5, 5.41) is 1.24. The highest BCUT2D eigenvalue weighted by Crippen LogP contribution is 2.44. The first-order valence-corrected chi connectivity index (χ1v) is 13.0. The summed E-state index contributed by atoms with van der Waals surface area (Å²) in [5.41, 5.74) is 3.75. The van der Waals surface area contributed by atoms with Crippen molar-refractivity contribution >= 4 is 22.7 Å². The molecule has 176 valence electrons. The molecule has 3 nitrogen and oxygen atoms in total. The Kier molecular flexibility index (Phi) is 7.18. The maximum Gasteiger partial charge on any atom is 0.157 e. The highest BCUT2D eigenvalue weighted by molar-refractivity contribution is 7.11. The van der Waals surface area contributed by atoms with Gasteiger partial charge in [0.25, 0.3) is 0 Å². The molecule has 2 heterocycles. The number of carbonyl (C=O) groups excluding carboxylic acids is 1. The number of hydrogen-bond donors (Lipinski definition) is 0. The number of carbonyl (C=O) groups is 1. The molecule has 2 aromatic rings. The van der Waals surface area contributed by atoms with Crippen molar-refractivity contribution in [2.75, 3.05) is 13.1 Å². The molecule has 0 N–H and O–H groups in total. The van der Waals surface area contributed by atoms with Gasteiger partial charge in [0.15, 0.2) is 5.78 Å². The third-order valence-corrected chi connectivity index (χ3v) is 8.51. The summed E-state index contributed by atoms with van der Waals surface area (Å²) < 4.78 is 13.7. The molecule has 0 unspecified atom stereocenters. The zero-order valence-corrected chi connectivity index (χ0v) is 21.1. The van der Waals surface area contributed by atoms with E-state index in [0.29, 0.717) is 23.8 Å². The lowest BCUT2D eigenvalue weighted by Crippen LogP contribution is -2.40. The zero-order chi connectivity index (χ0) is 23.6. The highest BCUT2D eigenvalue weighted by Gasteiger charge is 2.39. The zero-order valence-electron chi connectivity index (χ0n) is 20.3. The number of halogens is 1. The monoisotopic (exact) mass is 466 g/mol. The van der Waals surface area contributed by atoms with E-state index >= 15 is 0 Å². The number of thiazole rings is 1. The highest BCUT2D eigenvalue weighted by atomic mass is 32.1. The lowest BCUT2D eigenvalue weighted by molar-refractivity contribution is -0.130. The van der Waals surface area contributed by atoms with Gasteiger partial charge >= 0.3 is 0 Å². The van der Waals surface area contributed by atoms with E-state index in [1.54, 1.807) is 24.3 Å². The van der Waals surface area contributed by atoms with Crippen molar-refractivity contribution in [1.29, 1.82) is 0 Å². The maximum absolute atomic E-state index is 13.7. The van der Waals surface area contributed by atoms with Gasteiger partial charge in [0.1, 0.15) is 5.82 Å². The smallest absolute Gasteiger partial charge is 0.157 e. The lowest BCUT2D eigenvalue weighted by Gasteiger charge is -2.37. The van der Waals surface area contributed by atoms with Crippen molar-refractivity contribution < 1.29 is 9.18 Å². The number of hydrogen-bond acceptors (Lipinski definition) is 4. The van der Waals surface area contributed by atoms with Gasteiger partial charge in [0.05, 0.1) is 11.6 Å². The molecule has 0 bridgehead atoms. The number of aromatic nitrogens is 1. The minimum atomic E-state index is -0.252. The number of aryl methyl sites for hydroxylation is 2. The third kappa shape index (κ3) is 5.29. The number of allylic oxidation sites excluding steroid dienone is 3. The van der Waals surface area contributed by atoms with Crippen LogP contribution in [0.5, 0.6) is 0 Å². The molecule has 0 spiro atoms. The summed E-state index contributed by atoms with van der Waals surface area (Å²) in [6.45, 7) is 9.53. The van der Waals surface area contributed by atoms with Crippen LogP contribution in [0.1, 0.15) is 79.3 Å². The molecule has 1 aliphatic heterocycles. The molecule has 1 fully saturated rings. The molecule has 1 aromatic heterocycles. The minimum absolute atomic E-state index is 0.173. The van der Waals surface area contributed by atoms with Crippen LogP contribution in [0.2, 0.25) is 0 Å². The van der Waals surface area contributed by atoms with Crippen LogP contribution in [-0.2, 0) is 4.79 Å². The van der Waals surface area contributed by atoms with Crippen LogP contribution < -0.4 is 0 Å². The molecule has 1 aromatic carbocycles. The Hall–Kier alpha value is -2.27. The van der Waals surface area contributed by atoms with Gasteiger partial charge < -0.3 is 4.90 Å². The molecule has 1 saturated carbocycles. The summed E-state index contributed by atoms with van der Waals surface area (Å²) in [6, 6.07) is 5.30. The van der Waals surface area contributed by atoms with Crippen LogP contribution in [0.3, 0.4) is 0 Å². The molecular formula is C28H35FN2OS. The summed E-state index contributed by atoms with van der Waals surface area (Å²) in [4.78, 5) is 21.6. The predicted octanol–water partition coefficient (Wildman–Crippen LogP) is 7.22. The fraction of sp³-hybridized carbons (Fsp3) is 0.500. The third-order valence-electron chi connectivity index (χ3n) is 7.43. The van der Waals surface area contributed by atoms with Gasteiger partial charge in [-0.05, 0) is 87.3 Å². The summed E-state index contributed by atoms with van der Waals surface area (Å²) in [7, 11) is 0. The molecule has 0 radical (unpaired) electrons. The van der Waals surface area contributed by atoms with Crippen LogP contribution in [-0.4, -0.2) is 28.8 Å². The van der Waals surface area contributed by atoms with Gasteiger partial charge in [-0.25, -0.2) is 9.37 Å². The number of nitrogens with zero attached hydrogens (tertiary/aromatic N) is 2. The second kappa shape index (κ2) is 9.92. The molecular weight excluding hydrogens is 431 g/mol. The van der Waals surface area contributed by atoms with E-state index in [-0.39, 0.29) is 11.2 Å². The number of ketones is 1. The molecule has 2 aliphatic rings. The molecule has 5 heteroatoms. The van der Waals surface area contributed by atoms with Crippen molar-refractivity contribution in [3.63, 3.8) is 0 Å². The molecule has 0 saturated heterocycles. The van der Waals surface area contributed by atoms with Gasteiger partial charge in [-0.15, -0.1) is 11.3 Å². The van der Waals surface area contributed by atoms with E-state index in [9.17, 15) is 9.18 Å². The van der Waals surface area contributed by atoms with E-state index < -0.39 is 0 Å². The largest absolute Gasteiger partial charge is 0.367 e. The molecule has 0 amide bonds. The summed E-state index contributed by atoms with van der Waals surface area (Å²) in [5.74, 6) is 0.685. The first-order valence-electron chi connectivity index (χ1n) is 12.2. The summed E-state index contributed by atoms with van der Waals surface area (Å²) >= 11 is 1.80. The molecule has 1 aliphatic carbocycles. The summed E-state index contributed by atoms with van der Waals surface area (Å²) in [6.07, 6.45) is 12.1. The molecule has 0 atom stereocenters. The van der Waals surface area contributed by atoms with Gasteiger partial charge in [0, 0.05) is 34.6 Å². The SMILES string of the molecule is CCC1=CC(c2ccc(F)c(C)c2)=CCCN1CC(=O)C1(C)CCC(c2ncc(C)s2)CC1. The van der Waals surface area contributed by atoms with Crippen LogP contribution in [0, 0.1) is 25.1 Å². The van der Waals surface area contributed by atoms with Gasteiger partial charge in [0.2, 0.25) is 0 Å². The molecule has 4 rings (SSSR count). The quantitative estimate of drug-likeness (QED) is 0.451. The Morgan fingerprint density at radius 1 is 1.27 bits per heavy atom. The normalized spacial score (nSPS) is 23.7. The second-order valence-electron chi connectivity index (χ2n) is 9.89. The minimum Gasteiger partial charge on any atom is -0.367 e. The van der Waals surface area contributed by atoms with Gasteiger partial charge in [-0.1, -0.05) is 26.0 Å². The Morgan fingerprint density at radius 3 is 2.67 bits per heavy atom. The first-order chi connectivity index (χ1) is 15.8. The standard InChI is InChI=1S/C28H35FN2OS/c1-5-24-16-22(23-8-9-25(29)19(2)15-23)7-6-14-31(24)18-26(32)28(4)12-10-21(11-13-28)27-30-17-20(3)33-27/h7-9,15-17,21H,5-6,10-14,18H2,1-4H3. The van der Waals surface area contributed by atoms with Crippen LogP contribution in [0.25, 0.3) is 5.57 Å². The van der Waals surface area contributed by atoms with E-state index in [4.69, 9.17) is 0 Å². The average molecular weight is 467 g/mol. The number of benzene rings is 1. The van der Waals surface area contributed by atoms with E-state index in [1.165, 1.54) is 15.6 Å². The number of Topliss-reactive ketones (excluding diaryl/α,β-unsaturated/α-hetero) is 1. The van der Waals surface area contributed by atoms with Crippen molar-refractivity contribution in [1.82, 2.24) is 9.88 Å². The fourth-order valence-corrected chi connectivity index (χ4v) is 6.03. The second-order valence-corrected chi connectivity index (χ2v) is 11.2. The van der Waals surface area contributed by atoms with Gasteiger partial charge in [-0.3, -0.25) is 4.79 Å². The van der Waals surface area contributed by atoms with E-state index in [1.807, 2.05) is 18.3 Å². The van der Waals surface area contributed by atoms with Crippen molar-refractivity contribution in [2.24, 2.45) is 5.41 Å². The Bertz CT molecular complexity index is 1080. The Labute approximate surface area is 201 Å². The Morgan fingerprint density at radius 2 is 2.03 bits per heavy atom. The van der Waals surface area contributed by atoms with Crippen molar-refractivity contribution in [2.45, 2.75) is 72.1 Å². The van der Waals surface area contributed by atoms with Crippen LogP contribution in [0.4, 0.5) is 4.39 Å². The van der Waals surface area contributed by atoms with Crippen LogP contribution in [0.15, 0.2) is 42.2 Å². The lowest BCUT2D eigenvalue weighted by atomic mass is 9.69. The van der Waals surface area contributed by atoms with Crippen LogP contribution >= 0.6 is 11.3 Å². The Balaban J connectivity index is 1.43. The topological polar surface area (TPSA) is 33.2 Å². The first kappa shape index (κ1) is 23.9. The van der Waals surface area contributed by atoms with Crippen molar-refractivity contribution in [3.8, 4) is 0 Å². The van der Waals surface area contributed by atoms with Crippen molar-refractivity contribution in [3.05, 3.63) is 69.1 Å². The average Bonchev–Trinajstić information content (AvgIpc) is 3.13. The van der Waals surface area contributed by atoms with E-state index in [2.05, 4.69) is 42.8 Å². The predicted molar refractivity (Wildman–Crippen MR) is 135 cm³/mol.